The van der Waals surface area contributed by atoms with E-state index in [9.17, 15) is 93.0 Å². The molecule has 0 bridgehead atoms. The Bertz CT molecular complexity index is 934. The molecule has 1 atom stereocenters. The molecule has 0 aromatic heterocycles. The van der Waals surface area contributed by atoms with E-state index in [4.69, 9.17) is 0 Å². The number of hydrogen-bond acceptors (Lipinski definition) is 5. The summed E-state index contributed by atoms with van der Waals surface area (Å²) in [6.45, 7) is -0.0186. The number of alkyl halides is 17. The van der Waals surface area contributed by atoms with Crippen LogP contribution in [0, 0.1) is 0 Å². The van der Waals surface area contributed by atoms with Gasteiger partial charge in [0.1, 0.15) is 0 Å². The summed E-state index contributed by atoms with van der Waals surface area (Å²) in [5.41, 5.74) is 0. The van der Waals surface area contributed by atoms with Gasteiger partial charge in [-0.1, -0.05) is 6.92 Å². The zero-order valence-corrected chi connectivity index (χ0v) is 21.4. The molecule has 0 saturated heterocycles. The smallest absolute Gasteiger partial charge is 0.547 e. The van der Waals surface area contributed by atoms with Crippen LogP contribution in [0.5, 0.6) is 0 Å². The van der Waals surface area contributed by atoms with Crippen molar-refractivity contribution in [1.29, 1.82) is 0 Å². The van der Waals surface area contributed by atoms with Gasteiger partial charge in [-0.05, 0) is 13.0 Å². The van der Waals surface area contributed by atoms with E-state index in [2.05, 4.69) is 0 Å². The quantitative estimate of drug-likeness (QED) is 0.248. The maximum Gasteiger partial charge on any atom is 1.00 e. The van der Waals surface area contributed by atoms with Gasteiger partial charge in [-0.25, -0.2) is 8.42 Å². The van der Waals surface area contributed by atoms with Crippen LogP contribution in [-0.4, -0.2) is 73.3 Å². The molecule has 0 rings (SSSR count). The summed E-state index contributed by atoms with van der Waals surface area (Å²) in [4.78, 5) is 10.7. The summed E-state index contributed by atoms with van der Waals surface area (Å²) in [6.07, 6.45) is -8.36. The topological polar surface area (TPSA) is 86.3 Å². The molecule has 1 N–H and O–H groups in total. The molecule has 0 fully saturated rings. The predicted molar refractivity (Wildman–Crippen MR) is 76.7 cm³/mol. The van der Waals surface area contributed by atoms with Crippen molar-refractivity contribution in [1.82, 2.24) is 5.32 Å². The largest absolute Gasteiger partial charge is 1.00 e. The standard InChI is InChI=1S/C13H10F17NO4S.K/c1-2-3-31-4(5(32)33)36(34,35)13(29,30)11(24,25)9(20,21)7(16,17)6(14,15)8(18,19)10(22,23)12(26,27)28;/h4,31H,2-3H2,1H3,(H,32,33);/q;+1/p-1. The van der Waals surface area contributed by atoms with Crippen LogP contribution >= 0.6 is 0 Å². The number of aliphatic carboxylic acids is 1. The van der Waals surface area contributed by atoms with Gasteiger partial charge in [-0.3, -0.25) is 5.32 Å². The molecule has 5 nitrogen and oxygen atoms in total. The van der Waals surface area contributed by atoms with Gasteiger partial charge in [-0.2, -0.15) is 74.6 Å². The van der Waals surface area contributed by atoms with Crippen LogP contribution in [0.25, 0.3) is 0 Å². The number of halogens is 17. The van der Waals surface area contributed by atoms with E-state index in [1.807, 2.05) is 0 Å². The Kier molecular flexibility index (Phi) is 11.6. The van der Waals surface area contributed by atoms with Crippen LogP contribution < -0.4 is 61.8 Å². The second-order valence-electron chi connectivity index (χ2n) is 6.66. The van der Waals surface area contributed by atoms with Crippen molar-refractivity contribution in [2.24, 2.45) is 0 Å². The SMILES string of the molecule is CCCNC(C(=O)[O-])S(=O)(=O)C(F)(F)C(F)(F)C(F)(F)C(F)(F)C(F)(F)C(F)(F)C(F)(F)C(F)(F)F.[K+]. The van der Waals surface area contributed by atoms with Crippen molar-refractivity contribution < 1.29 is 144 Å². The Labute approximate surface area is 236 Å². The summed E-state index contributed by atoms with van der Waals surface area (Å²) >= 11 is 0. The van der Waals surface area contributed by atoms with Gasteiger partial charge < -0.3 is 9.90 Å². The molecule has 0 radical (unpaired) electrons. The van der Waals surface area contributed by atoms with E-state index in [1.165, 1.54) is 0 Å². The minimum absolute atomic E-state index is 0. The first kappa shape index (κ1) is 39.0. The maximum absolute atomic E-state index is 13.9. The van der Waals surface area contributed by atoms with E-state index >= 15 is 0 Å². The fraction of sp³-hybridized carbons (Fsp3) is 0.923. The number of carboxylic acid groups (broad SMARTS) is 1. The van der Waals surface area contributed by atoms with Crippen LogP contribution in [0.2, 0.25) is 0 Å². The molecule has 0 aromatic carbocycles. The van der Waals surface area contributed by atoms with Crippen LogP contribution in [0.1, 0.15) is 13.3 Å². The molecule has 0 aliphatic heterocycles. The maximum atomic E-state index is 13.9. The van der Waals surface area contributed by atoms with E-state index in [0.29, 0.717) is 0 Å². The van der Waals surface area contributed by atoms with Crippen LogP contribution in [-0.2, 0) is 14.6 Å². The Morgan fingerprint density at radius 1 is 0.676 bits per heavy atom. The van der Waals surface area contributed by atoms with Crippen LogP contribution in [0.15, 0.2) is 0 Å². The van der Waals surface area contributed by atoms with Gasteiger partial charge in [0, 0.05) is 0 Å². The first-order chi connectivity index (χ1) is 15.4. The van der Waals surface area contributed by atoms with Gasteiger partial charge in [0.05, 0.1) is 5.97 Å². The molecule has 0 aliphatic carbocycles. The Morgan fingerprint density at radius 3 is 1.24 bits per heavy atom. The Balaban J connectivity index is 0. The third kappa shape index (κ3) is 5.57. The summed E-state index contributed by atoms with van der Waals surface area (Å²) in [5.74, 6) is -55.9. The first-order valence-corrected chi connectivity index (χ1v) is 9.83. The van der Waals surface area contributed by atoms with Crippen molar-refractivity contribution in [2.45, 2.75) is 65.7 Å². The van der Waals surface area contributed by atoms with Crippen molar-refractivity contribution in [2.75, 3.05) is 6.54 Å². The molecular formula is C13H9F17KNO4S. The molecule has 0 amide bonds. The van der Waals surface area contributed by atoms with E-state index in [1.54, 1.807) is 0 Å². The molecule has 0 saturated carbocycles. The molecule has 24 heteroatoms. The van der Waals surface area contributed by atoms with E-state index < -0.39 is 81.1 Å². The molecule has 216 valence electrons. The molecular weight excluding hydrogens is 628 g/mol. The number of carboxylic acids is 1. The minimum atomic E-state index is -8.99. The molecule has 1 unspecified atom stereocenters. The molecule has 0 spiro atoms. The van der Waals surface area contributed by atoms with Gasteiger partial charge in [0.25, 0.3) is 0 Å². The van der Waals surface area contributed by atoms with Crippen LogP contribution in [0.4, 0.5) is 74.6 Å². The normalized spacial score (nSPS) is 16.3. The van der Waals surface area contributed by atoms with E-state index in [0.717, 1.165) is 12.2 Å². The number of carbonyl (C=O) groups excluding carboxylic acids is 1. The number of nitrogens with one attached hydrogen (secondary N) is 1. The summed E-state index contributed by atoms with van der Waals surface area (Å²) < 4.78 is 247. The fourth-order valence-corrected chi connectivity index (χ4v) is 3.44. The summed E-state index contributed by atoms with van der Waals surface area (Å²) in [5, 5.41) is -0.416. The molecule has 37 heavy (non-hydrogen) atoms. The van der Waals surface area contributed by atoms with Gasteiger partial charge >= 0.3 is 98.4 Å². The minimum Gasteiger partial charge on any atom is -0.547 e. The van der Waals surface area contributed by atoms with Crippen molar-refractivity contribution in [3.05, 3.63) is 0 Å². The summed E-state index contributed by atoms with van der Waals surface area (Å²) in [7, 11) is -7.84. The van der Waals surface area contributed by atoms with Crippen molar-refractivity contribution in [3.8, 4) is 0 Å². The van der Waals surface area contributed by atoms with Gasteiger partial charge in [0.15, 0.2) is 5.37 Å². The molecule has 0 aliphatic rings. The number of hydrogen-bond donors (Lipinski definition) is 1. The average molecular weight is 637 g/mol. The van der Waals surface area contributed by atoms with Crippen molar-refractivity contribution in [3.63, 3.8) is 0 Å². The average Bonchev–Trinajstić information content (AvgIpc) is 2.65. The van der Waals surface area contributed by atoms with Crippen LogP contribution in [0.3, 0.4) is 0 Å². The summed E-state index contributed by atoms with van der Waals surface area (Å²) in [6, 6.07) is 0. The number of rotatable bonds is 12. The van der Waals surface area contributed by atoms with Crippen molar-refractivity contribution >= 4 is 15.8 Å². The Morgan fingerprint density at radius 2 is 0.973 bits per heavy atom. The Hall–Kier alpha value is -0.174. The third-order valence-electron chi connectivity index (χ3n) is 4.15. The van der Waals surface area contributed by atoms with E-state index in [-0.39, 0.29) is 51.4 Å². The predicted octanol–water partition coefficient (Wildman–Crippen LogP) is 0.448. The number of carbonyl (C=O) groups is 1. The second-order valence-corrected chi connectivity index (χ2v) is 8.73. The first-order valence-electron chi connectivity index (χ1n) is 8.28. The zero-order valence-electron chi connectivity index (χ0n) is 17.5. The monoisotopic (exact) mass is 637 g/mol. The van der Waals surface area contributed by atoms with Gasteiger partial charge in [-0.15, -0.1) is 0 Å². The third-order valence-corrected chi connectivity index (χ3v) is 6.11. The zero-order chi connectivity index (χ0) is 29.8. The molecule has 0 aromatic rings. The molecule has 0 heterocycles. The fourth-order valence-electron chi connectivity index (χ4n) is 2.07. The number of sulfone groups is 1. The second kappa shape index (κ2) is 11.0. The van der Waals surface area contributed by atoms with Gasteiger partial charge in [0.2, 0.25) is 9.84 Å².